The number of aromatic amines is 1. The lowest BCUT2D eigenvalue weighted by Gasteiger charge is -2.08. The van der Waals surface area contributed by atoms with E-state index in [1.807, 2.05) is 30.5 Å². The summed E-state index contributed by atoms with van der Waals surface area (Å²) in [5, 5.41) is 4.29. The summed E-state index contributed by atoms with van der Waals surface area (Å²) >= 11 is 5.81. The minimum atomic E-state index is -3.68. The van der Waals surface area contributed by atoms with Crippen LogP contribution < -0.4 is 10.0 Å². The van der Waals surface area contributed by atoms with Gasteiger partial charge >= 0.3 is 0 Å². The van der Waals surface area contributed by atoms with Crippen molar-refractivity contribution < 1.29 is 13.2 Å². The highest BCUT2D eigenvalue weighted by Crippen LogP contribution is 2.17. The van der Waals surface area contributed by atoms with Crippen LogP contribution in [0.3, 0.4) is 0 Å². The van der Waals surface area contributed by atoms with Gasteiger partial charge in [0, 0.05) is 41.6 Å². The Morgan fingerprint density at radius 2 is 1.89 bits per heavy atom. The summed E-state index contributed by atoms with van der Waals surface area (Å²) in [5.74, 6) is -0.205. The molecule has 0 spiro atoms. The van der Waals surface area contributed by atoms with E-state index in [4.69, 9.17) is 11.6 Å². The Bertz CT molecular complexity index is 1050. The maximum Gasteiger partial charge on any atom is 0.240 e. The Labute approximate surface area is 163 Å². The summed E-state index contributed by atoms with van der Waals surface area (Å²) in [6, 6.07) is 14.0. The molecule has 0 fully saturated rings. The van der Waals surface area contributed by atoms with Crippen LogP contribution >= 0.6 is 11.6 Å². The van der Waals surface area contributed by atoms with Crippen molar-refractivity contribution in [1.29, 1.82) is 0 Å². The second-order valence-electron chi connectivity index (χ2n) is 6.06. The molecule has 1 aromatic heterocycles. The topological polar surface area (TPSA) is 91.1 Å². The van der Waals surface area contributed by atoms with Gasteiger partial charge in [-0.25, -0.2) is 13.1 Å². The van der Waals surface area contributed by atoms with Crippen molar-refractivity contribution in [2.75, 3.05) is 13.1 Å². The van der Waals surface area contributed by atoms with E-state index in [0.717, 1.165) is 16.5 Å². The van der Waals surface area contributed by atoms with Crippen molar-refractivity contribution in [2.45, 2.75) is 17.7 Å². The predicted molar refractivity (Wildman–Crippen MR) is 106 cm³/mol. The number of halogens is 1. The van der Waals surface area contributed by atoms with Crippen LogP contribution in [0.25, 0.3) is 10.9 Å². The smallest absolute Gasteiger partial charge is 0.240 e. The quantitative estimate of drug-likeness (QED) is 0.538. The Kier molecular flexibility index (Phi) is 6.15. The number of carbonyl (C=O) groups excluding carboxylic acids is 1. The number of fused-ring (bicyclic) bond motifs is 1. The third kappa shape index (κ3) is 5.09. The number of sulfonamides is 1. The molecular formula is C19H20ClN3O3S. The second-order valence-corrected chi connectivity index (χ2v) is 8.27. The van der Waals surface area contributed by atoms with E-state index in [1.54, 1.807) is 12.1 Å². The number of H-pyrrole nitrogens is 1. The van der Waals surface area contributed by atoms with E-state index < -0.39 is 10.0 Å². The van der Waals surface area contributed by atoms with Gasteiger partial charge in [-0.3, -0.25) is 4.79 Å². The largest absolute Gasteiger partial charge is 0.361 e. The Morgan fingerprint density at radius 3 is 2.70 bits per heavy atom. The Balaban J connectivity index is 1.43. The van der Waals surface area contributed by atoms with Crippen molar-refractivity contribution in [3.8, 4) is 0 Å². The van der Waals surface area contributed by atoms with Gasteiger partial charge in [0.1, 0.15) is 0 Å². The zero-order chi connectivity index (χ0) is 19.3. The molecule has 0 radical (unpaired) electrons. The van der Waals surface area contributed by atoms with Crippen LogP contribution in [-0.4, -0.2) is 32.4 Å². The van der Waals surface area contributed by atoms with E-state index in [9.17, 15) is 13.2 Å². The molecule has 0 bridgehead atoms. The van der Waals surface area contributed by atoms with Gasteiger partial charge < -0.3 is 10.3 Å². The number of hydrogen-bond acceptors (Lipinski definition) is 3. The fourth-order valence-corrected chi connectivity index (χ4v) is 4.11. The fourth-order valence-electron chi connectivity index (χ4n) is 2.78. The van der Waals surface area contributed by atoms with Gasteiger partial charge in [0.05, 0.1) is 4.90 Å². The van der Waals surface area contributed by atoms with Crippen LogP contribution in [0.15, 0.2) is 59.6 Å². The number of carbonyl (C=O) groups is 1. The number of para-hydroxylation sites is 1. The molecule has 0 atom stereocenters. The van der Waals surface area contributed by atoms with E-state index in [0.29, 0.717) is 18.0 Å². The molecule has 0 aliphatic rings. The van der Waals surface area contributed by atoms with E-state index >= 15 is 0 Å². The van der Waals surface area contributed by atoms with Gasteiger partial charge in [-0.2, -0.15) is 0 Å². The molecule has 8 heteroatoms. The van der Waals surface area contributed by atoms with Gasteiger partial charge in [0.2, 0.25) is 15.9 Å². The van der Waals surface area contributed by atoms with Crippen LogP contribution in [0.1, 0.15) is 12.0 Å². The minimum absolute atomic E-state index is 0.0216. The maximum atomic E-state index is 12.2. The molecule has 2 aromatic carbocycles. The second kappa shape index (κ2) is 8.56. The first-order chi connectivity index (χ1) is 13.0. The van der Waals surface area contributed by atoms with Crippen molar-refractivity contribution >= 4 is 38.4 Å². The molecule has 3 rings (SSSR count). The number of nitrogens with one attached hydrogen (secondary N) is 3. The molecule has 0 unspecified atom stereocenters. The van der Waals surface area contributed by atoms with Crippen LogP contribution in [0.5, 0.6) is 0 Å². The highest BCUT2D eigenvalue weighted by atomic mass is 35.5. The van der Waals surface area contributed by atoms with Crippen molar-refractivity contribution in [1.82, 2.24) is 15.0 Å². The molecule has 0 aliphatic heterocycles. The third-order valence-electron chi connectivity index (χ3n) is 4.14. The summed E-state index contributed by atoms with van der Waals surface area (Å²) in [6.07, 6.45) is 2.70. The highest BCUT2D eigenvalue weighted by molar-refractivity contribution is 7.89. The van der Waals surface area contributed by atoms with Crippen molar-refractivity contribution in [3.63, 3.8) is 0 Å². The van der Waals surface area contributed by atoms with Crippen LogP contribution in [0.2, 0.25) is 5.02 Å². The number of aromatic nitrogens is 1. The SMILES string of the molecule is O=C(CCNS(=O)(=O)c1cccc(Cl)c1)NCCc1c[nH]c2ccccc12. The summed E-state index contributed by atoms with van der Waals surface area (Å²) in [4.78, 5) is 15.2. The monoisotopic (exact) mass is 405 g/mol. The Hall–Kier alpha value is -2.35. The lowest BCUT2D eigenvalue weighted by Crippen LogP contribution is -2.31. The number of amides is 1. The molecule has 1 amide bonds. The van der Waals surface area contributed by atoms with E-state index in [2.05, 4.69) is 15.0 Å². The molecule has 27 heavy (non-hydrogen) atoms. The molecule has 142 valence electrons. The minimum Gasteiger partial charge on any atom is -0.361 e. The molecule has 6 nitrogen and oxygen atoms in total. The molecule has 0 saturated carbocycles. The molecular weight excluding hydrogens is 386 g/mol. The third-order valence-corrected chi connectivity index (χ3v) is 5.84. The molecule has 0 saturated heterocycles. The molecule has 3 N–H and O–H groups in total. The summed E-state index contributed by atoms with van der Waals surface area (Å²) in [7, 11) is -3.68. The fraction of sp³-hybridized carbons (Fsp3) is 0.211. The van der Waals surface area contributed by atoms with Crippen LogP contribution in [-0.2, 0) is 21.2 Å². The van der Waals surface area contributed by atoms with E-state index in [1.165, 1.54) is 12.1 Å². The molecule has 1 heterocycles. The average Bonchev–Trinajstić information content (AvgIpc) is 3.05. The number of rotatable bonds is 8. The summed E-state index contributed by atoms with van der Waals surface area (Å²) in [5.41, 5.74) is 2.20. The van der Waals surface area contributed by atoms with Gasteiger partial charge in [-0.15, -0.1) is 0 Å². The maximum absolute atomic E-state index is 12.2. The summed E-state index contributed by atoms with van der Waals surface area (Å²) in [6.45, 7) is 0.509. The first-order valence-electron chi connectivity index (χ1n) is 8.52. The zero-order valence-corrected chi connectivity index (χ0v) is 16.1. The van der Waals surface area contributed by atoms with Crippen LogP contribution in [0.4, 0.5) is 0 Å². The van der Waals surface area contributed by atoms with Gasteiger partial charge in [-0.1, -0.05) is 35.9 Å². The van der Waals surface area contributed by atoms with Crippen molar-refractivity contribution in [3.05, 3.63) is 65.3 Å². The standard InChI is InChI=1S/C19H20ClN3O3S/c20-15-4-3-5-16(12-15)27(25,26)23-11-9-19(24)21-10-8-14-13-22-18-7-2-1-6-17(14)18/h1-7,12-13,22-23H,8-11H2,(H,21,24). The highest BCUT2D eigenvalue weighted by Gasteiger charge is 2.14. The molecule has 0 aliphatic carbocycles. The first kappa shape index (κ1) is 19.4. The number of benzene rings is 2. The van der Waals surface area contributed by atoms with E-state index in [-0.39, 0.29) is 23.8 Å². The first-order valence-corrected chi connectivity index (χ1v) is 10.4. The van der Waals surface area contributed by atoms with Gasteiger partial charge in [-0.05, 0) is 36.2 Å². The zero-order valence-electron chi connectivity index (χ0n) is 14.5. The average molecular weight is 406 g/mol. The molecule has 3 aromatic rings. The Morgan fingerprint density at radius 1 is 1.07 bits per heavy atom. The van der Waals surface area contributed by atoms with Crippen molar-refractivity contribution in [2.24, 2.45) is 0 Å². The lowest BCUT2D eigenvalue weighted by atomic mass is 10.1. The number of hydrogen-bond donors (Lipinski definition) is 3. The normalized spacial score (nSPS) is 11.6. The van der Waals surface area contributed by atoms with Gasteiger partial charge in [0.15, 0.2) is 0 Å². The van der Waals surface area contributed by atoms with Crippen LogP contribution in [0, 0.1) is 0 Å². The predicted octanol–water partition coefficient (Wildman–Crippen LogP) is 2.85. The van der Waals surface area contributed by atoms with Gasteiger partial charge in [0.25, 0.3) is 0 Å². The summed E-state index contributed by atoms with van der Waals surface area (Å²) < 4.78 is 26.7. The lowest BCUT2D eigenvalue weighted by molar-refractivity contribution is -0.120.